The number of hydrogen-bond acceptors (Lipinski definition) is 4. The van der Waals surface area contributed by atoms with Crippen LogP contribution in [0.1, 0.15) is 19.4 Å². The highest BCUT2D eigenvalue weighted by atomic mass is 16.5. The fourth-order valence-electron chi connectivity index (χ4n) is 3.05. The second kappa shape index (κ2) is 7.50. The molecule has 0 bridgehead atoms. The number of nitrogens with zero attached hydrogens (tertiary/aromatic N) is 1. The maximum absolute atomic E-state index is 13.1. The van der Waals surface area contributed by atoms with E-state index in [0.29, 0.717) is 28.3 Å². The van der Waals surface area contributed by atoms with Gasteiger partial charge < -0.3 is 9.47 Å². The van der Waals surface area contributed by atoms with Crippen molar-refractivity contribution >= 4 is 23.6 Å². The molecule has 138 valence electrons. The Morgan fingerprint density at radius 1 is 0.889 bits per heavy atom. The van der Waals surface area contributed by atoms with Gasteiger partial charge in [0, 0.05) is 6.07 Å². The van der Waals surface area contributed by atoms with E-state index in [1.165, 1.54) is 4.90 Å². The predicted molar refractivity (Wildman–Crippen MR) is 105 cm³/mol. The van der Waals surface area contributed by atoms with E-state index >= 15 is 0 Å². The molecule has 2 aromatic carbocycles. The average molecular weight is 363 g/mol. The van der Waals surface area contributed by atoms with Crippen molar-refractivity contribution < 1.29 is 19.1 Å². The quantitative estimate of drug-likeness (QED) is 0.609. The van der Waals surface area contributed by atoms with Crippen molar-refractivity contribution in [2.24, 2.45) is 0 Å². The first-order chi connectivity index (χ1) is 13.0. The van der Waals surface area contributed by atoms with Crippen LogP contribution >= 0.6 is 0 Å². The SMILES string of the molecule is COc1cc(/C=C2/C(=O)N(c3ccccc3)C(=O)C2=C(C)C)cc(OC)c1. The number of ether oxygens (including phenoxy) is 2. The Bertz CT molecular complexity index is 931. The first-order valence-corrected chi connectivity index (χ1v) is 8.52. The van der Waals surface area contributed by atoms with Crippen LogP contribution in [0.4, 0.5) is 5.69 Å². The molecule has 1 aliphatic heterocycles. The smallest absolute Gasteiger partial charge is 0.266 e. The summed E-state index contributed by atoms with van der Waals surface area (Å²) in [6, 6.07) is 14.3. The molecule has 1 aliphatic rings. The molecule has 0 atom stereocenters. The van der Waals surface area contributed by atoms with E-state index < -0.39 is 0 Å². The zero-order valence-corrected chi connectivity index (χ0v) is 15.8. The summed E-state index contributed by atoms with van der Waals surface area (Å²) in [5.41, 5.74) is 2.84. The van der Waals surface area contributed by atoms with E-state index in [0.717, 1.165) is 11.1 Å². The molecule has 0 radical (unpaired) electrons. The third-order valence-electron chi connectivity index (χ3n) is 4.32. The molecule has 0 unspecified atom stereocenters. The summed E-state index contributed by atoms with van der Waals surface area (Å²) >= 11 is 0. The monoisotopic (exact) mass is 363 g/mol. The van der Waals surface area contributed by atoms with Crippen LogP contribution in [-0.4, -0.2) is 26.0 Å². The summed E-state index contributed by atoms with van der Waals surface area (Å²) in [6.45, 7) is 3.66. The molecule has 3 rings (SSSR count). The standard InChI is InChI=1S/C22H21NO4/c1-14(2)20-19(12-15-10-17(26-3)13-18(11-15)27-4)21(24)23(22(20)25)16-8-6-5-7-9-16/h5-13H,1-4H3/b19-12+. The number of benzene rings is 2. The van der Waals surface area contributed by atoms with Crippen LogP contribution in [0, 0.1) is 0 Å². The molecule has 2 amide bonds. The van der Waals surface area contributed by atoms with Gasteiger partial charge in [-0.15, -0.1) is 0 Å². The van der Waals surface area contributed by atoms with Crippen LogP contribution in [0.15, 0.2) is 65.3 Å². The third-order valence-corrected chi connectivity index (χ3v) is 4.32. The number of carbonyl (C=O) groups is 2. The number of allylic oxidation sites excluding steroid dienone is 1. The molecule has 0 spiro atoms. The van der Waals surface area contributed by atoms with Crippen molar-refractivity contribution in [1.82, 2.24) is 0 Å². The Kier molecular flexibility index (Phi) is 5.12. The summed E-state index contributed by atoms with van der Waals surface area (Å²) in [6.07, 6.45) is 1.70. The van der Waals surface area contributed by atoms with Gasteiger partial charge in [0.2, 0.25) is 0 Å². The molecule has 2 aromatic rings. The lowest BCUT2D eigenvalue weighted by molar-refractivity contribution is -0.119. The molecule has 1 saturated heterocycles. The van der Waals surface area contributed by atoms with Crippen LogP contribution in [-0.2, 0) is 9.59 Å². The maximum atomic E-state index is 13.1. The van der Waals surface area contributed by atoms with E-state index in [1.807, 2.05) is 19.9 Å². The number of carbonyl (C=O) groups excluding carboxylic acids is 2. The summed E-state index contributed by atoms with van der Waals surface area (Å²) in [5, 5.41) is 0. The number of rotatable bonds is 4. The van der Waals surface area contributed by atoms with Crippen LogP contribution in [0.3, 0.4) is 0 Å². The highest BCUT2D eigenvalue weighted by Gasteiger charge is 2.40. The van der Waals surface area contributed by atoms with Gasteiger partial charge in [0.15, 0.2) is 0 Å². The number of imide groups is 1. The largest absolute Gasteiger partial charge is 0.497 e. The second-order valence-electron chi connectivity index (χ2n) is 6.36. The fourth-order valence-corrected chi connectivity index (χ4v) is 3.05. The van der Waals surface area contributed by atoms with Crippen molar-refractivity contribution in [1.29, 1.82) is 0 Å². The molecule has 5 nitrogen and oxygen atoms in total. The van der Waals surface area contributed by atoms with Crippen LogP contribution < -0.4 is 14.4 Å². The Morgan fingerprint density at radius 2 is 1.48 bits per heavy atom. The molecule has 0 N–H and O–H groups in total. The Balaban J connectivity index is 2.14. The minimum Gasteiger partial charge on any atom is -0.497 e. The molecule has 5 heteroatoms. The van der Waals surface area contributed by atoms with Gasteiger partial charge in [-0.3, -0.25) is 9.59 Å². The summed E-state index contributed by atoms with van der Waals surface area (Å²) in [5.74, 6) is 0.560. The normalized spacial score (nSPS) is 15.5. The lowest BCUT2D eigenvalue weighted by atomic mass is 10.0. The van der Waals surface area contributed by atoms with Gasteiger partial charge in [-0.05, 0) is 49.8 Å². The Hall–Kier alpha value is -3.34. The molecule has 1 fully saturated rings. The van der Waals surface area contributed by atoms with E-state index in [2.05, 4.69) is 0 Å². The number of amides is 2. The lowest BCUT2D eigenvalue weighted by Crippen LogP contribution is -2.29. The van der Waals surface area contributed by atoms with E-state index in [1.54, 1.807) is 62.8 Å². The predicted octanol–water partition coefficient (Wildman–Crippen LogP) is 4.00. The van der Waals surface area contributed by atoms with Crippen molar-refractivity contribution in [2.75, 3.05) is 19.1 Å². The van der Waals surface area contributed by atoms with Crippen LogP contribution in [0.5, 0.6) is 11.5 Å². The zero-order chi connectivity index (χ0) is 19.6. The maximum Gasteiger partial charge on any atom is 0.266 e. The van der Waals surface area contributed by atoms with Gasteiger partial charge in [-0.25, -0.2) is 4.90 Å². The number of para-hydroxylation sites is 1. The molecule has 0 aliphatic carbocycles. The number of hydrogen-bond donors (Lipinski definition) is 0. The highest BCUT2D eigenvalue weighted by Crippen LogP contribution is 2.34. The van der Waals surface area contributed by atoms with Gasteiger partial charge in [0.1, 0.15) is 11.5 Å². The molecule has 0 saturated carbocycles. The molecular formula is C22H21NO4. The van der Waals surface area contributed by atoms with Crippen LogP contribution in [0.2, 0.25) is 0 Å². The summed E-state index contributed by atoms with van der Waals surface area (Å²) in [7, 11) is 3.13. The minimum atomic E-state index is -0.343. The topological polar surface area (TPSA) is 55.8 Å². The van der Waals surface area contributed by atoms with Gasteiger partial charge in [-0.2, -0.15) is 0 Å². The lowest BCUT2D eigenvalue weighted by Gasteiger charge is -2.12. The molecule has 1 heterocycles. The van der Waals surface area contributed by atoms with Crippen molar-refractivity contribution in [3.05, 3.63) is 70.8 Å². The van der Waals surface area contributed by atoms with E-state index in [4.69, 9.17) is 9.47 Å². The van der Waals surface area contributed by atoms with Crippen LogP contribution in [0.25, 0.3) is 6.08 Å². The van der Waals surface area contributed by atoms with Crippen molar-refractivity contribution in [2.45, 2.75) is 13.8 Å². The molecule has 0 aromatic heterocycles. The highest BCUT2D eigenvalue weighted by molar-refractivity contribution is 6.38. The van der Waals surface area contributed by atoms with Gasteiger partial charge >= 0.3 is 0 Å². The second-order valence-corrected chi connectivity index (χ2v) is 6.36. The third kappa shape index (κ3) is 3.49. The first-order valence-electron chi connectivity index (χ1n) is 8.52. The van der Waals surface area contributed by atoms with Gasteiger partial charge in [0.05, 0.1) is 31.1 Å². The average Bonchev–Trinajstić information content (AvgIpc) is 2.92. The first kappa shape index (κ1) is 18.5. The van der Waals surface area contributed by atoms with E-state index in [9.17, 15) is 9.59 Å². The minimum absolute atomic E-state index is 0.313. The fraction of sp³-hybridized carbons (Fsp3) is 0.182. The zero-order valence-electron chi connectivity index (χ0n) is 15.8. The van der Waals surface area contributed by atoms with Gasteiger partial charge in [-0.1, -0.05) is 23.8 Å². The molecule has 27 heavy (non-hydrogen) atoms. The Morgan fingerprint density at radius 3 is 2.00 bits per heavy atom. The number of methoxy groups -OCH3 is 2. The Labute approximate surface area is 158 Å². The number of anilines is 1. The van der Waals surface area contributed by atoms with Crippen molar-refractivity contribution in [3.8, 4) is 11.5 Å². The van der Waals surface area contributed by atoms with E-state index in [-0.39, 0.29) is 11.8 Å². The summed E-state index contributed by atoms with van der Waals surface area (Å²) < 4.78 is 10.6. The molecular weight excluding hydrogens is 342 g/mol. The summed E-state index contributed by atoms with van der Waals surface area (Å²) in [4.78, 5) is 27.3. The van der Waals surface area contributed by atoms with Crippen molar-refractivity contribution in [3.63, 3.8) is 0 Å². The van der Waals surface area contributed by atoms with Gasteiger partial charge in [0.25, 0.3) is 11.8 Å².